The first kappa shape index (κ1) is 18.1. The summed E-state index contributed by atoms with van der Waals surface area (Å²) in [5.41, 5.74) is -0.151. The van der Waals surface area contributed by atoms with Crippen molar-refractivity contribution in [3.8, 4) is 11.5 Å². The summed E-state index contributed by atoms with van der Waals surface area (Å²) in [5.74, 6) is 1.62. The smallest absolute Gasteiger partial charge is 0.137 e. The van der Waals surface area contributed by atoms with Crippen LogP contribution in [0.25, 0.3) is 0 Å². The van der Waals surface area contributed by atoms with Crippen LogP contribution in [0.3, 0.4) is 0 Å². The summed E-state index contributed by atoms with van der Waals surface area (Å²) < 4.78 is 11.8. The number of hydrogen-bond acceptors (Lipinski definition) is 2. The molecular formula is C18H29O2S. The van der Waals surface area contributed by atoms with Crippen molar-refractivity contribution in [2.45, 2.75) is 76.7 Å². The van der Waals surface area contributed by atoms with Crippen molar-refractivity contribution < 1.29 is 9.47 Å². The number of ether oxygens (including phenoxy) is 2. The van der Waals surface area contributed by atoms with E-state index in [0.29, 0.717) is 0 Å². The molecule has 0 amide bonds. The molecule has 0 saturated heterocycles. The van der Waals surface area contributed by atoms with E-state index in [9.17, 15) is 0 Å². The highest BCUT2D eigenvalue weighted by Gasteiger charge is 2.19. The van der Waals surface area contributed by atoms with Gasteiger partial charge in [0.1, 0.15) is 17.1 Å². The van der Waals surface area contributed by atoms with E-state index < -0.39 is 0 Å². The van der Waals surface area contributed by atoms with Gasteiger partial charge in [0.25, 0.3) is 0 Å². The largest absolute Gasteiger partial charge is 0.492 e. The van der Waals surface area contributed by atoms with E-state index in [2.05, 4.69) is 27.7 Å². The first-order chi connectivity index (χ1) is 9.98. The van der Waals surface area contributed by atoms with E-state index in [1.807, 2.05) is 18.2 Å². The molecule has 0 heterocycles. The second kappa shape index (κ2) is 9.14. The first-order valence-electron chi connectivity index (χ1n) is 8.11. The molecule has 0 spiro atoms. The van der Waals surface area contributed by atoms with Crippen LogP contribution in [-0.2, 0) is 0 Å². The molecule has 0 aromatic heterocycles. The highest BCUT2D eigenvalue weighted by molar-refractivity contribution is 7.80. The van der Waals surface area contributed by atoms with Gasteiger partial charge in [-0.25, -0.2) is 0 Å². The lowest BCUT2D eigenvalue weighted by Crippen LogP contribution is -2.28. The molecule has 0 bridgehead atoms. The van der Waals surface area contributed by atoms with Gasteiger partial charge in [-0.15, -0.1) is 0 Å². The molecule has 2 nitrogen and oxygen atoms in total. The highest BCUT2D eigenvalue weighted by Crippen LogP contribution is 2.30. The number of unbranched alkanes of at least 4 members (excludes halogenated alkanes) is 3. The summed E-state index contributed by atoms with van der Waals surface area (Å²) in [4.78, 5) is 0.730. The number of benzene rings is 1. The topological polar surface area (TPSA) is 18.5 Å². The lowest BCUT2D eigenvalue weighted by Gasteiger charge is -2.27. The molecule has 1 rings (SSSR count). The minimum Gasteiger partial charge on any atom is -0.492 e. The van der Waals surface area contributed by atoms with E-state index >= 15 is 0 Å². The fraction of sp³-hybridized carbons (Fsp3) is 0.667. The van der Waals surface area contributed by atoms with Crippen LogP contribution < -0.4 is 9.47 Å². The maximum Gasteiger partial charge on any atom is 0.137 e. The third kappa shape index (κ3) is 7.03. The SMILES string of the molecule is CCCCCC(C)(C)Oc1ccc(OCCCC)c([S])c1. The molecule has 0 unspecified atom stereocenters. The Kier molecular flexibility index (Phi) is 7.87. The Morgan fingerprint density at radius 3 is 2.38 bits per heavy atom. The zero-order valence-corrected chi connectivity index (χ0v) is 14.7. The fourth-order valence-corrected chi connectivity index (χ4v) is 2.41. The number of hydrogen-bond donors (Lipinski definition) is 0. The van der Waals surface area contributed by atoms with Gasteiger partial charge in [0, 0.05) is 6.07 Å². The average molecular weight is 309 g/mol. The summed E-state index contributed by atoms with van der Waals surface area (Å²) in [5, 5.41) is 0. The Labute approximate surface area is 135 Å². The van der Waals surface area contributed by atoms with Gasteiger partial charge in [-0.3, -0.25) is 0 Å². The Balaban J connectivity index is 2.57. The third-order valence-electron chi connectivity index (χ3n) is 3.45. The lowest BCUT2D eigenvalue weighted by molar-refractivity contribution is 0.0958. The molecule has 0 aliphatic carbocycles. The lowest BCUT2D eigenvalue weighted by atomic mass is 10.0. The third-order valence-corrected chi connectivity index (χ3v) is 3.77. The Hall–Kier alpha value is -0.960. The summed E-state index contributed by atoms with van der Waals surface area (Å²) in [6.45, 7) is 9.36. The number of rotatable bonds is 10. The normalized spacial score (nSPS) is 11.4. The van der Waals surface area contributed by atoms with Crippen LogP contribution >= 0.6 is 12.6 Å². The molecule has 3 heteroatoms. The molecule has 0 fully saturated rings. The minimum absolute atomic E-state index is 0.151. The van der Waals surface area contributed by atoms with E-state index in [1.165, 1.54) is 19.3 Å². The van der Waals surface area contributed by atoms with Crippen LogP contribution in [0.4, 0.5) is 0 Å². The van der Waals surface area contributed by atoms with Crippen LogP contribution in [-0.4, -0.2) is 12.2 Å². The molecule has 0 atom stereocenters. The Bertz CT molecular complexity index is 416. The Morgan fingerprint density at radius 2 is 1.76 bits per heavy atom. The second-order valence-corrected chi connectivity index (χ2v) is 6.57. The first-order valence-corrected chi connectivity index (χ1v) is 8.52. The minimum atomic E-state index is -0.151. The second-order valence-electron chi connectivity index (χ2n) is 6.13. The maximum atomic E-state index is 6.09. The van der Waals surface area contributed by atoms with Crippen molar-refractivity contribution in [2.75, 3.05) is 6.61 Å². The van der Waals surface area contributed by atoms with E-state index in [0.717, 1.165) is 42.3 Å². The molecule has 119 valence electrons. The van der Waals surface area contributed by atoms with E-state index in [4.69, 9.17) is 22.1 Å². The van der Waals surface area contributed by atoms with Gasteiger partial charge in [-0.1, -0.05) is 45.7 Å². The fourth-order valence-electron chi connectivity index (χ4n) is 2.17. The molecule has 21 heavy (non-hydrogen) atoms. The van der Waals surface area contributed by atoms with Crippen LogP contribution in [0.1, 0.15) is 66.2 Å². The van der Waals surface area contributed by atoms with Gasteiger partial charge in [-0.2, -0.15) is 0 Å². The van der Waals surface area contributed by atoms with Gasteiger partial charge in [0.15, 0.2) is 0 Å². The zero-order chi connectivity index (χ0) is 15.7. The molecule has 1 aromatic rings. The average Bonchev–Trinajstić information content (AvgIpc) is 2.41. The van der Waals surface area contributed by atoms with Crippen LogP contribution in [0.2, 0.25) is 0 Å². The van der Waals surface area contributed by atoms with E-state index in [-0.39, 0.29) is 5.60 Å². The molecule has 0 aliphatic heterocycles. The maximum absolute atomic E-state index is 6.09. The van der Waals surface area contributed by atoms with Crippen molar-refractivity contribution in [2.24, 2.45) is 0 Å². The summed E-state index contributed by atoms with van der Waals surface area (Å²) in [7, 11) is 0. The molecular weight excluding hydrogens is 280 g/mol. The Morgan fingerprint density at radius 1 is 1.05 bits per heavy atom. The summed E-state index contributed by atoms with van der Waals surface area (Å²) in [6, 6.07) is 5.78. The van der Waals surface area contributed by atoms with Crippen LogP contribution in [0, 0.1) is 0 Å². The highest BCUT2D eigenvalue weighted by atomic mass is 32.1. The van der Waals surface area contributed by atoms with Crippen LogP contribution in [0.15, 0.2) is 23.1 Å². The quantitative estimate of drug-likeness (QED) is 0.482. The van der Waals surface area contributed by atoms with Crippen molar-refractivity contribution >= 4 is 12.6 Å². The van der Waals surface area contributed by atoms with Gasteiger partial charge in [0.05, 0.1) is 11.5 Å². The monoisotopic (exact) mass is 309 g/mol. The van der Waals surface area contributed by atoms with Gasteiger partial charge in [0.2, 0.25) is 0 Å². The van der Waals surface area contributed by atoms with E-state index in [1.54, 1.807) is 0 Å². The predicted molar refractivity (Wildman–Crippen MR) is 91.6 cm³/mol. The summed E-state index contributed by atoms with van der Waals surface area (Å²) >= 11 is 5.38. The van der Waals surface area contributed by atoms with Crippen molar-refractivity contribution in [3.05, 3.63) is 18.2 Å². The van der Waals surface area contributed by atoms with Crippen molar-refractivity contribution in [3.63, 3.8) is 0 Å². The van der Waals surface area contributed by atoms with Gasteiger partial charge >= 0.3 is 0 Å². The van der Waals surface area contributed by atoms with Crippen molar-refractivity contribution in [1.82, 2.24) is 0 Å². The van der Waals surface area contributed by atoms with Gasteiger partial charge < -0.3 is 9.47 Å². The molecule has 1 aromatic carbocycles. The van der Waals surface area contributed by atoms with Crippen LogP contribution in [0.5, 0.6) is 11.5 Å². The molecule has 0 saturated carbocycles. The zero-order valence-electron chi connectivity index (χ0n) is 13.9. The molecule has 1 radical (unpaired) electrons. The standard InChI is InChI=1S/C18H29O2S/c1-5-7-9-12-18(3,4)20-15-10-11-16(17(21)14-15)19-13-8-6-2/h10-11,14H,5-9,12-13H2,1-4H3. The molecule has 0 N–H and O–H groups in total. The molecule has 0 aliphatic rings. The summed E-state index contributed by atoms with van der Waals surface area (Å²) in [6.07, 6.45) is 6.92. The van der Waals surface area contributed by atoms with Crippen molar-refractivity contribution in [1.29, 1.82) is 0 Å². The predicted octanol–water partition coefficient (Wildman–Crippen LogP) is 6.16. The van der Waals surface area contributed by atoms with Gasteiger partial charge in [-0.05, 0) is 45.2 Å².